The van der Waals surface area contributed by atoms with E-state index in [2.05, 4.69) is 5.10 Å². The molecular weight excluding hydrogens is 397 g/mol. The molecule has 2 aromatic carbocycles. The topological polar surface area (TPSA) is 64.4 Å². The molecule has 1 saturated heterocycles. The van der Waals surface area contributed by atoms with Crippen LogP contribution in [0.15, 0.2) is 59.4 Å². The maximum Gasteiger partial charge on any atom is 0.267 e. The van der Waals surface area contributed by atoms with Gasteiger partial charge in [-0.25, -0.2) is 9.07 Å². The summed E-state index contributed by atoms with van der Waals surface area (Å²) in [4.78, 5) is 27.2. The number of nitrogens with zero attached hydrogens (tertiary/aromatic N) is 3. The van der Waals surface area contributed by atoms with Gasteiger partial charge in [0.05, 0.1) is 18.8 Å². The van der Waals surface area contributed by atoms with E-state index in [4.69, 9.17) is 4.74 Å². The SMILES string of the molecule is COc1cc(F)ccc1-c1ccc(=O)n(C2CN(C(=O)c3ccccc3C3CC3)C2)n1. The van der Waals surface area contributed by atoms with Crippen LogP contribution < -0.4 is 10.3 Å². The first kappa shape index (κ1) is 19.5. The Hall–Kier alpha value is -3.48. The number of likely N-dealkylation sites (tertiary alicyclic amines) is 1. The van der Waals surface area contributed by atoms with Crippen molar-refractivity contribution in [3.05, 3.63) is 81.9 Å². The second-order valence-electron chi connectivity index (χ2n) is 8.07. The van der Waals surface area contributed by atoms with Gasteiger partial charge in [-0.1, -0.05) is 18.2 Å². The average Bonchev–Trinajstić information content (AvgIpc) is 3.59. The molecule has 0 bridgehead atoms. The highest BCUT2D eigenvalue weighted by atomic mass is 19.1. The van der Waals surface area contributed by atoms with E-state index < -0.39 is 5.82 Å². The van der Waals surface area contributed by atoms with Crippen LogP contribution in [0.3, 0.4) is 0 Å². The van der Waals surface area contributed by atoms with E-state index >= 15 is 0 Å². The zero-order valence-electron chi connectivity index (χ0n) is 17.1. The first-order chi connectivity index (χ1) is 15.0. The predicted molar refractivity (Wildman–Crippen MR) is 114 cm³/mol. The molecule has 0 radical (unpaired) electrons. The van der Waals surface area contributed by atoms with Crippen molar-refractivity contribution in [2.75, 3.05) is 20.2 Å². The molecule has 5 rings (SSSR count). The van der Waals surface area contributed by atoms with E-state index in [1.807, 2.05) is 24.3 Å². The van der Waals surface area contributed by atoms with E-state index in [0.717, 1.165) is 24.0 Å². The van der Waals surface area contributed by atoms with Crippen LogP contribution >= 0.6 is 0 Å². The molecule has 2 fully saturated rings. The van der Waals surface area contributed by atoms with Gasteiger partial charge in [0.25, 0.3) is 11.5 Å². The van der Waals surface area contributed by atoms with Gasteiger partial charge >= 0.3 is 0 Å². The second-order valence-corrected chi connectivity index (χ2v) is 8.07. The van der Waals surface area contributed by atoms with Gasteiger partial charge in [-0.3, -0.25) is 9.59 Å². The molecule has 6 nitrogen and oxygen atoms in total. The minimum Gasteiger partial charge on any atom is -0.496 e. The normalized spacial score (nSPS) is 16.1. The molecule has 3 aromatic rings. The van der Waals surface area contributed by atoms with E-state index in [1.165, 1.54) is 30.0 Å². The Morgan fingerprint density at radius 1 is 1.10 bits per heavy atom. The van der Waals surface area contributed by atoms with Crippen LogP contribution in [0.5, 0.6) is 5.75 Å². The first-order valence-corrected chi connectivity index (χ1v) is 10.4. The zero-order valence-corrected chi connectivity index (χ0v) is 17.1. The highest BCUT2D eigenvalue weighted by molar-refractivity contribution is 5.96. The zero-order chi connectivity index (χ0) is 21.5. The Morgan fingerprint density at radius 3 is 2.61 bits per heavy atom. The minimum absolute atomic E-state index is 0.00292. The Kier molecular flexibility index (Phi) is 4.81. The summed E-state index contributed by atoms with van der Waals surface area (Å²) in [6.45, 7) is 0.851. The molecule has 2 aliphatic rings. The Labute approximate surface area is 178 Å². The van der Waals surface area contributed by atoms with Gasteiger partial charge in [0.15, 0.2) is 0 Å². The molecule has 1 aliphatic carbocycles. The molecule has 1 amide bonds. The smallest absolute Gasteiger partial charge is 0.267 e. The molecule has 2 heterocycles. The number of ether oxygens (including phenoxy) is 1. The molecule has 0 unspecified atom stereocenters. The van der Waals surface area contributed by atoms with Gasteiger partial charge in [-0.15, -0.1) is 0 Å². The summed E-state index contributed by atoms with van der Waals surface area (Å²) >= 11 is 0. The number of rotatable bonds is 5. The van der Waals surface area contributed by atoms with Crippen molar-refractivity contribution in [2.45, 2.75) is 24.8 Å². The average molecular weight is 419 g/mol. The van der Waals surface area contributed by atoms with Crippen LogP contribution in [-0.2, 0) is 0 Å². The highest BCUT2D eigenvalue weighted by Gasteiger charge is 2.36. The molecular formula is C24H22FN3O3. The second kappa shape index (κ2) is 7.65. The fourth-order valence-corrected chi connectivity index (χ4v) is 4.10. The molecule has 0 N–H and O–H groups in total. The van der Waals surface area contributed by atoms with Crippen LogP contribution in [0.2, 0.25) is 0 Å². The van der Waals surface area contributed by atoms with Crippen molar-refractivity contribution in [3.8, 4) is 17.0 Å². The highest BCUT2D eigenvalue weighted by Crippen LogP contribution is 2.42. The number of carbonyl (C=O) groups is 1. The van der Waals surface area contributed by atoms with Gasteiger partial charge in [0, 0.05) is 36.3 Å². The number of hydrogen-bond acceptors (Lipinski definition) is 4. The van der Waals surface area contributed by atoms with E-state index in [0.29, 0.717) is 36.0 Å². The van der Waals surface area contributed by atoms with Crippen molar-refractivity contribution in [3.63, 3.8) is 0 Å². The standard InChI is InChI=1S/C24H22FN3O3/c1-31-22-12-16(25)8-9-20(22)21-10-11-23(29)28(26-21)17-13-27(14-17)24(30)19-5-3-2-4-18(19)15-6-7-15/h2-5,8-12,15,17H,6-7,13-14H2,1H3. The molecule has 31 heavy (non-hydrogen) atoms. The fourth-order valence-electron chi connectivity index (χ4n) is 4.10. The third kappa shape index (κ3) is 3.60. The van der Waals surface area contributed by atoms with E-state index in [-0.39, 0.29) is 17.5 Å². The summed E-state index contributed by atoms with van der Waals surface area (Å²) in [5.74, 6) is 0.431. The van der Waals surface area contributed by atoms with Crippen LogP contribution in [-0.4, -0.2) is 40.8 Å². The van der Waals surface area contributed by atoms with Gasteiger partial charge < -0.3 is 9.64 Å². The molecule has 0 atom stereocenters. The number of methoxy groups -OCH3 is 1. The summed E-state index contributed by atoms with van der Waals surface area (Å²) in [5.41, 5.74) is 2.76. The lowest BCUT2D eigenvalue weighted by Gasteiger charge is -2.39. The van der Waals surface area contributed by atoms with Crippen molar-refractivity contribution in [1.82, 2.24) is 14.7 Å². The summed E-state index contributed by atoms with van der Waals surface area (Å²) in [6, 6.07) is 14.8. The third-order valence-electron chi connectivity index (χ3n) is 5.97. The van der Waals surface area contributed by atoms with Crippen molar-refractivity contribution >= 4 is 5.91 Å². The minimum atomic E-state index is -0.409. The van der Waals surface area contributed by atoms with E-state index in [9.17, 15) is 14.0 Å². The van der Waals surface area contributed by atoms with Crippen molar-refractivity contribution < 1.29 is 13.9 Å². The molecule has 7 heteroatoms. The number of aromatic nitrogens is 2. The lowest BCUT2D eigenvalue weighted by Crippen LogP contribution is -2.53. The summed E-state index contributed by atoms with van der Waals surface area (Å²) in [5, 5.41) is 4.49. The number of carbonyl (C=O) groups excluding carboxylic acids is 1. The van der Waals surface area contributed by atoms with Crippen LogP contribution in [0.25, 0.3) is 11.3 Å². The largest absolute Gasteiger partial charge is 0.496 e. The van der Waals surface area contributed by atoms with Crippen LogP contribution in [0, 0.1) is 5.82 Å². The molecule has 0 spiro atoms. The third-order valence-corrected chi connectivity index (χ3v) is 5.97. The van der Waals surface area contributed by atoms with Crippen LogP contribution in [0.4, 0.5) is 4.39 Å². The first-order valence-electron chi connectivity index (χ1n) is 10.4. The van der Waals surface area contributed by atoms with Crippen molar-refractivity contribution in [2.24, 2.45) is 0 Å². The summed E-state index contributed by atoms with van der Waals surface area (Å²) in [7, 11) is 1.46. The van der Waals surface area contributed by atoms with Crippen molar-refractivity contribution in [1.29, 1.82) is 0 Å². The lowest BCUT2D eigenvalue weighted by molar-refractivity contribution is 0.0492. The number of hydrogen-bond donors (Lipinski definition) is 0. The predicted octanol–water partition coefficient (Wildman–Crippen LogP) is 3.63. The maximum atomic E-state index is 13.5. The van der Waals surface area contributed by atoms with Gasteiger partial charge in [0.2, 0.25) is 0 Å². The molecule has 1 aliphatic heterocycles. The van der Waals surface area contributed by atoms with Gasteiger partial charge in [-0.05, 0) is 48.6 Å². The number of amides is 1. The number of halogens is 1. The monoisotopic (exact) mass is 419 g/mol. The fraction of sp³-hybridized carbons (Fsp3) is 0.292. The van der Waals surface area contributed by atoms with Crippen LogP contribution in [0.1, 0.15) is 40.7 Å². The lowest BCUT2D eigenvalue weighted by atomic mass is 10.00. The van der Waals surface area contributed by atoms with Gasteiger partial charge in [0.1, 0.15) is 11.6 Å². The number of benzene rings is 2. The quantitative estimate of drug-likeness (QED) is 0.634. The molecule has 1 saturated carbocycles. The molecule has 158 valence electrons. The summed E-state index contributed by atoms with van der Waals surface area (Å²) < 4.78 is 20.2. The summed E-state index contributed by atoms with van der Waals surface area (Å²) in [6.07, 6.45) is 2.26. The van der Waals surface area contributed by atoms with Gasteiger partial charge in [-0.2, -0.15) is 5.10 Å². The van der Waals surface area contributed by atoms with E-state index in [1.54, 1.807) is 17.0 Å². The maximum absolute atomic E-state index is 13.5. The Morgan fingerprint density at radius 2 is 1.87 bits per heavy atom. The molecule has 1 aromatic heterocycles. The Balaban J connectivity index is 1.37. The Bertz CT molecular complexity index is 1210.